The Bertz CT molecular complexity index is 730. The Balaban J connectivity index is 2.80. The van der Waals surface area contributed by atoms with E-state index in [9.17, 15) is 24.3 Å². The van der Waals surface area contributed by atoms with E-state index < -0.39 is 47.9 Å². The molecule has 1 rings (SSSR count). The standard InChI is InChI=1S/C17H28N6O5S2/c1-8(2)13(23-14(24)10(18)5-29)16(26)22-12(6-30)15(25)21-11(17(27)28)3-9-4-19-7-20-9/h4,7-8,10-13,29-30H,3,5-6,18H2,1-2H3,(H,19,20)(H,21,25)(H,22,26)(H,23,24)(H,27,28). The monoisotopic (exact) mass is 460 g/mol. The number of nitrogens with one attached hydrogen (secondary N) is 4. The van der Waals surface area contributed by atoms with Crippen LogP contribution in [-0.4, -0.2) is 74.4 Å². The number of imidazole rings is 1. The van der Waals surface area contributed by atoms with Gasteiger partial charge in [0, 0.05) is 29.8 Å². The van der Waals surface area contributed by atoms with Crippen LogP contribution in [0, 0.1) is 5.92 Å². The summed E-state index contributed by atoms with van der Waals surface area (Å²) in [6.07, 6.45) is 2.83. The van der Waals surface area contributed by atoms with Crippen LogP contribution in [0.1, 0.15) is 19.5 Å². The first-order valence-electron chi connectivity index (χ1n) is 9.19. The smallest absolute Gasteiger partial charge is 0.326 e. The highest BCUT2D eigenvalue weighted by molar-refractivity contribution is 7.80. The van der Waals surface area contributed by atoms with Gasteiger partial charge in [-0.05, 0) is 5.92 Å². The number of H-pyrrole nitrogens is 1. The van der Waals surface area contributed by atoms with Crippen molar-refractivity contribution in [1.29, 1.82) is 0 Å². The SMILES string of the molecule is CC(C)C(NC(=O)C(N)CS)C(=O)NC(CS)C(=O)NC(Cc1cnc[nH]1)C(=O)O. The highest BCUT2D eigenvalue weighted by atomic mass is 32.1. The molecule has 4 unspecified atom stereocenters. The molecular formula is C17H28N6O5S2. The largest absolute Gasteiger partial charge is 0.480 e. The average Bonchev–Trinajstić information content (AvgIpc) is 3.21. The fraction of sp³-hybridized carbons (Fsp3) is 0.588. The van der Waals surface area contributed by atoms with Gasteiger partial charge in [-0.3, -0.25) is 14.4 Å². The molecular weight excluding hydrogens is 432 g/mol. The zero-order valence-corrected chi connectivity index (χ0v) is 18.5. The maximum atomic E-state index is 12.7. The minimum absolute atomic E-state index is 0.0133. The second kappa shape index (κ2) is 12.4. The number of aromatic amines is 1. The molecule has 0 aliphatic heterocycles. The number of hydrogen-bond donors (Lipinski definition) is 8. The zero-order valence-electron chi connectivity index (χ0n) is 16.7. The van der Waals surface area contributed by atoms with Crippen molar-refractivity contribution in [2.45, 2.75) is 44.4 Å². The van der Waals surface area contributed by atoms with Crippen LogP contribution in [-0.2, 0) is 25.6 Å². The molecule has 168 valence electrons. The number of carbonyl (C=O) groups is 4. The molecule has 4 atom stereocenters. The van der Waals surface area contributed by atoms with Gasteiger partial charge in [0.15, 0.2) is 0 Å². The molecule has 0 spiro atoms. The molecule has 0 radical (unpaired) electrons. The van der Waals surface area contributed by atoms with Gasteiger partial charge in [0.25, 0.3) is 0 Å². The van der Waals surface area contributed by atoms with Crippen molar-refractivity contribution >= 4 is 48.9 Å². The van der Waals surface area contributed by atoms with Crippen LogP contribution >= 0.6 is 25.3 Å². The lowest BCUT2D eigenvalue weighted by Crippen LogP contribution is -2.59. The summed E-state index contributed by atoms with van der Waals surface area (Å²) in [4.78, 5) is 55.3. The van der Waals surface area contributed by atoms with Crippen molar-refractivity contribution in [2.75, 3.05) is 11.5 Å². The first-order valence-corrected chi connectivity index (χ1v) is 10.5. The third kappa shape index (κ3) is 7.88. The maximum Gasteiger partial charge on any atom is 0.326 e. The fourth-order valence-corrected chi connectivity index (χ4v) is 2.85. The Morgan fingerprint density at radius 3 is 2.17 bits per heavy atom. The average molecular weight is 461 g/mol. The summed E-state index contributed by atoms with van der Waals surface area (Å²) in [7, 11) is 0. The van der Waals surface area contributed by atoms with E-state index in [4.69, 9.17) is 5.73 Å². The van der Waals surface area contributed by atoms with Crippen LogP contribution in [0.2, 0.25) is 0 Å². The summed E-state index contributed by atoms with van der Waals surface area (Å²) in [6.45, 7) is 3.44. The van der Waals surface area contributed by atoms with Crippen molar-refractivity contribution < 1.29 is 24.3 Å². The van der Waals surface area contributed by atoms with E-state index in [2.05, 4.69) is 51.2 Å². The van der Waals surface area contributed by atoms with Crippen molar-refractivity contribution in [1.82, 2.24) is 25.9 Å². The van der Waals surface area contributed by atoms with Gasteiger partial charge in [0.1, 0.15) is 18.1 Å². The number of thiol groups is 2. The molecule has 0 saturated heterocycles. The van der Waals surface area contributed by atoms with Crippen molar-refractivity contribution in [2.24, 2.45) is 11.7 Å². The van der Waals surface area contributed by atoms with E-state index in [0.29, 0.717) is 5.69 Å². The molecule has 0 fully saturated rings. The van der Waals surface area contributed by atoms with Gasteiger partial charge >= 0.3 is 5.97 Å². The molecule has 1 aromatic heterocycles. The van der Waals surface area contributed by atoms with E-state index >= 15 is 0 Å². The normalized spacial score (nSPS) is 15.0. The second-order valence-electron chi connectivity index (χ2n) is 6.94. The second-order valence-corrected chi connectivity index (χ2v) is 7.67. The number of hydrogen-bond acceptors (Lipinski definition) is 8. The lowest BCUT2D eigenvalue weighted by atomic mass is 10.0. The summed E-state index contributed by atoms with van der Waals surface area (Å²) in [5.41, 5.74) is 6.15. The highest BCUT2D eigenvalue weighted by Crippen LogP contribution is 2.05. The molecule has 7 N–H and O–H groups in total. The number of aliphatic carboxylic acids is 1. The van der Waals surface area contributed by atoms with Gasteiger partial charge < -0.3 is 31.8 Å². The number of nitrogens with zero attached hydrogens (tertiary/aromatic N) is 1. The quantitative estimate of drug-likeness (QED) is 0.172. The Hall–Kier alpha value is -2.25. The number of carboxylic acids is 1. The van der Waals surface area contributed by atoms with E-state index in [-0.39, 0.29) is 23.8 Å². The topological polar surface area (TPSA) is 179 Å². The molecule has 1 aromatic rings. The summed E-state index contributed by atoms with van der Waals surface area (Å²) in [5, 5.41) is 16.8. The molecule has 1 heterocycles. The number of rotatable bonds is 12. The maximum absolute atomic E-state index is 12.7. The van der Waals surface area contributed by atoms with Crippen LogP contribution in [0.5, 0.6) is 0 Å². The molecule has 0 aliphatic carbocycles. The van der Waals surface area contributed by atoms with Crippen molar-refractivity contribution in [3.05, 3.63) is 18.2 Å². The first-order chi connectivity index (χ1) is 14.1. The van der Waals surface area contributed by atoms with Gasteiger partial charge in [-0.1, -0.05) is 13.8 Å². The molecule has 0 bridgehead atoms. The van der Waals surface area contributed by atoms with E-state index in [0.717, 1.165) is 0 Å². The Morgan fingerprint density at radius 1 is 1.07 bits per heavy atom. The third-order valence-corrected chi connectivity index (χ3v) is 4.95. The minimum Gasteiger partial charge on any atom is -0.480 e. The Labute approximate surface area is 185 Å². The number of amides is 3. The van der Waals surface area contributed by atoms with Crippen molar-refractivity contribution in [3.63, 3.8) is 0 Å². The number of nitrogens with two attached hydrogens (primary N) is 1. The molecule has 0 aromatic carbocycles. The molecule has 13 heteroatoms. The van der Waals surface area contributed by atoms with Gasteiger partial charge in [0.2, 0.25) is 17.7 Å². The van der Waals surface area contributed by atoms with Crippen LogP contribution in [0.15, 0.2) is 12.5 Å². The van der Waals surface area contributed by atoms with Gasteiger partial charge in [-0.25, -0.2) is 9.78 Å². The number of aromatic nitrogens is 2. The van der Waals surface area contributed by atoms with Crippen LogP contribution in [0.4, 0.5) is 0 Å². The zero-order chi connectivity index (χ0) is 22.8. The molecule has 0 saturated carbocycles. The summed E-state index contributed by atoms with van der Waals surface area (Å²) < 4.78 is 0. The first kappa shape index (κ1) is 25.8. The fourth-order valence-electron chi connectivity index (χ4n) is 2.42. The summed E-state index contributed by atoms with van der Waals surface area (Å²) in [5.74, 6) is -3.38. The third-order valence-electron chi connectivity index (χ3n) is 4.19. The van der Waals surface area contributed by atoms with Crippen LogP contribution in [0.3, 0.4) is 0 Å². The van der Waals surface area contributed by atoms with E-state index in [1.807, 2.05) is 0 Å². The summed E-state index contributed by atoms with van der Waals surface area (Å²) in [6, 6.07) is -4.17. The number of carboxylic acid groups (broad SMARTS) is 1. The molecule has 3 amide bonds. The van der Waals surface area contributed by atoms with Crippen LogP contribution < -0.4 is 21.7 Å². The Morgan fingerprint density at radius 2 is 1.70 bits per heavy atom. The highest BCUT2D eigenvalue weighted by Gasteiger charge is 2.31. The molecule has 11 nitrogen and oxygen atoms in total. The lowest BCUT2D eigenvalue weighted by Gasteiger charge is -2.26. The molecule has 30 heavy (non-hydrogen) atoms. The summed E-state index contributed by atoms with van der Waals surface area (Å²) >= 11 is 8.03. The van der Waals surface area contributed by atoms with E-state index in [1.165, 1.54) is 12.5 Å². The lowest BCUT2D eigenvalue weighted by molar-refractivity contribution is -0.142. The van der Waals surface area contributed by atoms with Gasteiger partial charge in [-0.15, -0.1) is 0 Å². The predicted molar refractivity (Wildman–Crippen MR) is 116 cm³/mol. The van der Waals surface area contributed by atoms with Gasteiger partial charge in [-0.2, -0.15) is 25.3 Å². The predicted octanol–water partition coefficient (Wildman–Crippen LogP) is -1.67. The Kier molecular flexibility index (Phi) is 10.7. The van der Waals surface area contributed by atoms with E-state index in [1.54, 1.807) is 13.8 Å². The molecule has 0 aliphatic rings. The van der Waals surface area contributed by atoms with Crippen LogP contribution in [0.25, 0.3) is 0 Å². The van der Waals surface area contributed by atoms with Crippen molar-refractivity contribution in [3.8, 4) is 0 Å². The van der Waals surface area contributed by atoms with Gasteiger partial charge in [0.05, 0.1) is 12.4 Å². The number of carbonyl (C=O) groups excluding carboxylic acids is 3. The minimum atomic E-state index is -1.24.